The lowest BCUT2D eigenvalue weighted by Crippen LogP contribution is -2.31. The molecule has 1 aromatic rings. The number of carbonyl (C=O) groups is 1. The van der Waals surface area contributed by atoms with Gasteiger partial charge in [-0.15, -0.1) is 11.8 Å². The van der Waals surface area contributed by atoms with E-state index in [0.29, 0.717) is 10.8 Å². The molecular weight excluding hydrogens is 220 g/mol. The summed E-state index contributed by atoms with van der Waals surface area (Å²) < 4.78 is 0. The molecule has 0 spiro atoms. The first-order valence-electron chi connectivity index (χ1n) is 4.02. The lowest BCUT2D eigenvalue weighted by molar-refractivity contribution is -0.118. The second-order valence-corrected chi connectivity index (χ2v) is 4.22. The number of rotatable bonds is 3. The maximum atomic E-state index is 10.9. The Morgan fingerprint density at radius 2 is 2.36 bits per heavy atom. The van der Waals surface area contributed by atoms with Gasteiger partial charge in [-0.25, -0.2) is 5.84 Å². The molecular formula is C9H11ClN2OS. The maximum absolute atomic E-state index is 10.9. The fraction of sp³-hybridized carbons (Fsp3) is 0.222. The number of nitrogens with two attached hydrogens (primary N) is 1. The monoisotopic (exact) mass is 230 g/mol. The third kappa shape index (κ3) is 3.21. The molecule has 5 heteroatoms. The molecule has 0 unspecified atom stereocenters. The summed E-state index contributed by atoms with van der Waals surface area (Å²) in [5, 5.41) is 0.704. The summed E-state index contributed by atoms with van der Waals surface area (Å²) in [4.78, 5) is 11.9. The van der Waals surface area contributed by atoms with Crippen LogP contribution in [0.25, 0.3) is 0 Å². The maximum Gasteiger partial charge on any atom is 0.244 e. The highest BCUT2D eigenvalue weighted by Crippen LogP contribution is 2.24. The highest BCUT2D eigenvalue weighted by Gasteiger charge is 2.03. The molecule has 0 radical (unpaired) electrons. The summed E-state index contributed by atoms with van der Waals surface area (Å²) in [6.07, 6.45) is 0. The molecule has 0 aliphatic rings. The summed E-state index contributed by atoms with van der Waals surface area (Å²) in [5.74, 6) is 5.09. The normalized spacial score (nSPS) is 9.93. The molecule has 0 saturated heterocycles. The van der Waals surface area contributed by atoms with E-state index in [9.17, 15) is 4.79 Å². The highest BCUT2D eigenvalue weighted by atomic mass is 35.5. The topological polar surface area (TPSA) is 55.1 Å². The van der Waals surface area contributed by atoms with Crippen LogP contribution in [0.5, 0.6) is 0 Å². The molecule has 0 heterocycles. The number of hydrogen-bond donors (Lipinski definition) is 2. The Hall–Kier alpha value is -0.710. The molecule has 0 bridgehead atoms. The molecule has 0 fully saturated rings. The Morgan fingerprint density at radius 1 is 1.64 bits per heavy atom. The number of thioether (sulfide) groups is 1. The average molecular weight is 231 g/mol. The number of carbonyl (C=O) groups excluding carboxylic acids is 1. The predicted octanol–water partition coefficient (Wildman–Crippen LogP) is 1.73. The number of benzene rings is 1. The fourth-order valence-electron chi connectivity index (χ4n) is 0.960. The molecule has 0 saturated carbocycles. The van der Waals surface area contributed by atoms with Gasteiger partial charge in [0.25, 0.3) is 0 Å². The number of hydrazine groups is 1. The molecule has 0 aliphatic carbocycles. The third-order valence-electron chi connectivity index (χ3n) is 1.66. The van der Waals surface area contributed by atoms with Gasteiger partial charge >= 0.3 is 0 Å². The van der Waals surface area contributed by atoms with Gasteiger partial charge < -0.3 is 0 Å². The first-order valence-corrected chi connectivity index (χ1v) is 5.38. The zero-order valence-corrected chi connectivity index (χ0v) is 9.28. The summed E-state index contributed by atoms with van der Waals surface area (Å²) in [7, 11) is 0. The van der Waals surface area contributed by atoms with Crippen LogP contribution < -0.4 is 11.3 Å². The highest BCUT2D eigenvalue weighted by molar-refractivity contribution is 8.00. The van der Waals surface area contributed by atoms with Crippen molar-refractivity contribution in [2.45, 2.75) is 11.8 Å². The van der Waals surface area contributed by atoms with Crippen molar-refractivity contribution in [1.29, 1.82) is 0 Å². The first kappa shape index (κ1) is 11.4. The van der Waals surface area contributed by atoms with Crippen LogP contribution in [-0.4, -0.2) is 11.7 Å². The minimum absolute atomic E-state index is 0.190. The Balaban J connectivity index is 2.63. The van der Waals surface area contributed by atoms with Gasteiger partial charge in [-0.1, -0.05) is 11.6 Å². The zero-order valence-electron chi connectivity index (χ0n) is 7.71. The van der Waals surface area contributed by atoms with Crippen LogP contribution in [0.3, 0.4) is 0 Å². The molecule has 1 aromatic carbocycles. The van der Waals surface area contributed by atoms with Crippen molar-refractivity contribution < 1.29 is 4.79 Å². The standard InChI is InChI=1S/C9H11ClN2OS/c1-6-4-7(10)2-3-8(6)14-5-9(13)12-11/h2-4H,5,11H2,1H3,(H,12,13). The second kappa shape index (κ2) is 5.24. The predicted molar refractivity (Wildman–Crippen MR) is 59.2 cm³/mol. The van der Waals surface area contributed by atoms with Gasteiger partial charge in [-0.3, -0.25) is 10.2 Å². The van der Waals surface area contributed by atoms with Crippen molar-refractivity contribution in [3.63, 3.8) is 0 Å². The Kier molecular flexibility index (Phi) is 4.25. The van der Waals surface area contributed by atoms with Crippen LogP contribution in [0.4, 0.5) is 0 Å². The summed E-state index contributed by atoms with van der Waals surface area (Å²) in [5.41, 5.74) is 3.14. The number of halogens is 1. The minimum Gasteiger partial charge on any atom is -0.294 e. The number of hydrogen-bond acceptors (Lipinski definition) is 3. The molecule has 0 atom stereocenters. The molecule has 1 amide bonds. The number of nitrogens with one attached hydrogen (secondary N) is 1. The largest absolute Gasteiger partial charge is 0.294 e. The van der Waals surface area contributed by atoms with Crippen molar-refractivity contribution in [3.05, 3.63) is 28.8 Å². The SMILES string of the molecule is Cc1cc(Cl)ccc1SCC(=O)NN. The van der Waals surface area contributed by atoms with Crippen LogP contribution >= 0.6 is 23.4 Å². The van der Waals surface area contributed by atoms with Gasteiger partial charge in [-0.05, 0) is 30.7 Å². The van der Waals surface area contributed by atoms with Crippen LogP contribution in [-0.2, 0) is 4.79 Å². The summed E-state index contributed by atoms with van der Waals surface area (Å²) in [6.45, 7) is 1.95. The van der Waals surface area contributed by atoms with Crippen LogP contribution in [0.15, 0.2) is 23.1 Å². The van der Waals surface area contributed by atoms with E-state index in [1.807, 2.05) is 19.1 Å². The van der Waals surface area contributed by atoms with Crippen LogP contribution in [0, 0.1) is 6.92 Å². The Morgan fingerprint density at radius 3 is 2.93 bits per heavy atom. The van der Waals surface area contributed by atoms with Gasteiger partial charge in [0.1, 0.15) is 0 Å². The molecule has 0 aliphatic heterocycles. The van der Waals surface area contributed by atoms with Crippen molar-refractivity contribution in [1.82, 2.24) is 5.43 Å². The van der Waals surface area contributed by atoms with Crippen LogP contribution in [0.1, 0.15) is 5.56 Å². The fourth-order valence-corrected chi connectivity index (χ4v) is 2.01. The van der Waals surface area contributed by atoms with Crippen molar-refractivity contribution in [2.75, 3.05) is 5.75 Å². The summed E-state index contributed by atoms with van der Waals surface area (Å²) >= 11 is 7.24. The minimum atomic E-state index is -0.190. The summed E-state index contributed by atoms with van der Waals surface area (Å²) in [6, 6.07) is 5.56. The first-order chi connectivity index (χ1) is 6.63. The van der Waals surface area contributed by atoms with Gasteiger partial charge in [0.05, 0.1) is 5.75 Å². The lowest BCUT2D eigenvalue weighted by Gasteiger charge is -2.04. The quantitative estimate of drug-likeness (QED) is 0.360. The van der Waals surface area contributed by atoms with Gasteiger partial charge in [0.15, 0.2) is 0 Å². The van der Waals surface area contributed by atoms with E-state index in [-0.39, 0.29) is 5.91 Å². The van der Waals surface area contributed by atoms with Crippen molar-refractivity contribution >= 4 is 29.3 Å². The third-order valence-corrected chi connectivity index (χ3v) is 3.07. The molecule has 14 heavy (non-hydrogen) atoms. The lowest BCUT2D eigenvalue weighted by atomic mass is 10.2. The zero-order chi connectivity index (χ0) is 10.6. The number of aryl methyl sites for hydroxylation is 1. The molecule has 76 valence electrons. The van der Waals surface area contributed by atoms with Crippen molar-refractivity contribution in [2.24, 2.45) is 5.84 Å². The second-order valence-electron chi connectivity index (χ2n) is 2.77. The van der Waals surface area contributed by atoms with E-state index < -0.39 is 0 Å². The van der Waals surface area contributed by atoms with Gasteiger partial charge in [-0.2, -0.15) is 0 Å². The van der Waals surface area contributed by atoms with Crippen LogP contribution in [0.2, 0.25) is 5.02 Å². The van der Waals surface area contributed by atoms with E-state index in [1.165, 1.54) is 11.8 Å². The van der Waals surface area contributed by atoms with E-state index in [2.05, 4.69) is 5.43 Å². The van der Waals surface area contributed by atoms with E-state index in [1.54, 1.807) is 6.07 Å². The van der Waals surface area contributed by atoms with E-state index in [4.69, 9.17) is 17.4 Å². The Labute approximate surface area is 92.0 Å². The Bertz CT molecular complexity index is 344. The van der Waals surface area contributed by atoms with Crippen molar-refractivity contribution in [3.8, 4) is 0 Å². The molecule has 3 nitrogen and oxygen atoms in total. The molecule has 0 aromatic heterocycles. The smallest absolute Gasteiger partial charge is 0.244 e. The van der Waals surface area contributed by atoms with E-state index >= 15 is 0 Å². The molecule has 1 rings (SSSR count). The number of amides is 1. The van der Waals surface area contributed by atoms with Gasteiger partial charge in [0.2, 0.25) is 5.91 Å². The molecule has 3 N–H and O–H groups in total. The average Bonchev–Trinajstić information content (AvgIpc) is 2.16. The van der Waals surface area contributed by atoms with E-state index in [0.717, 1.165) is 10.5 Å². The van der Waals surface area contributed by atoms with Gasteiger partial charge in [0, 0.05) is 9.92 Å².